The first kappa shape index (κ1) is 24.5. The normalized spacial score (nSPS) is 16.8. The van der Waals surface area contributed by atoms with E-state index in [1.54, 1.807) is 6.07 Å². The molecule has 0 radical (unpaired) electrons. The predicted molar refractivity (Wildman–Crippen MR) is 112 cm³/mol. The second kappa shape index (κ2) is 8.68. The molecule has 1 amide bonds. The molecule has 176 valence electrons. The van der Waals surface area contributed by atoms with Gasteiger partial charge in [-0.25, -0.2) is 8.42 Å². The van der Waals surface area contributed by atoms with Gasteiger partial charge in [0.15, 0.2) is 0 Å². The SMILES string of the molecule is CC(C)(C)c1cc(NC(=O)C2CCN(S(=O)(=O)c3ccc(Cl)c(C(F)(F)F)c3)CC2)on1. The molecule has 2 heterocycles. The molecule has 12 heteroatoms. The summed E-state index contributed by atoms with van der Waals surface area (Å²) in [4.78, 5) is 12.0. The summed E-state index contributed by atoms with van der Waals surface area (Å²) < 4.78 is 71.2. The van der Waals surface area contributed by atoms with E-state index in [0.717, 1.165) is 16.4 Å². The summed E-state index contributed by atoms with van der Waals surface area (Å²) in [5.41, 5.74) is -0.786. The molecule has 1 aromatic heterocycles. The highest BCUT2D eigenvalue weighted by Gasteiger charge is 2.37. The maximum Gasteiger partial charge on any atom is 0.417 e. The third-order valence-corrected chi connectivity index (χ3v) is 7.45. The topological polar surface area (TPSA) is 92.5 Å². The number of benzene rings is 1. The molecule has 1 aliphatic heterocycles. The van der Waals surface area contributed by atoms with Crippen molar-refractivity contribution in [3.05, 3.63) is 40.5 Å². The number of anilines is 1. The van der Waals surface area contributed by atoms with Crippen LogP contribution in [0, 0.1) is 5.92 Å². The fourth-order valence-electron chi connectivity index (χ4n) is 3.30. The van der Waals surface area contributed by atoms with Gasteiger partial charge in [0.2, 0.25) is 21.8 Å². The van der Waals surface area contributed by atoms with Crippen molar-refractivity contribution in [3.63, 3.8) is 0 Å². The van der Waals surface area contributed by atoms with E-state index in [1.165, 1.54) is 0 Å². The van der Waals surface area contributed by atoms with Crippen molar-refractivity contribution in [3.8, 4) is 0 Å². The number of halogens is 4. The van der Waals surface area contributed by atoms with Gasteiger partial charge in [-0.15, -0.1) is 0 Å². The van der Waals surface area contributed by atoms with Crippen LogP contribution in [0.1, 0.15) is 44.9 Å². The number of piperidine rings is 1. The Labute approximate surface area is 188 Å². The molecular weight excluding hydrogens is 471 g/mol. The van der Waals surface area contributed by atoms with Crippen molar-refractivity contribution < 1.29 is 30.9 Å². The Morgan fingerprint density at radius 3 is 2.34 bits per heavy atom. The molecule has 0 atom stereocenters. The van der Waals surface area contributed by atoms with E-state index in [2.05, 4.69) is 10.5 Å². The van der Waals surface area contributed by atoms with Gasteiger partial charge in [0.05, 0.1) is 21.2 Å². The van der Waals surface area contributed by atoms with Gasteiger partial charge >= 0.3 is 6.18 Å². The summed E-state index contributed by atoms with van der Waals surface area (Å²) in [5.74, 6) is -0.596. The average molecular weight is 494 g/mol. The molecule has 32 heavy (non-hydrogen) atoms. The lowest BCUT2D eigenvalue weighted by molar-refractivity contribution is -0.137. The molecule has 0 unspecified atom stereocenters. The smallest absolute Gasteiger partial charge is 0.338 e. The Morgan fingerprint density at radius 1 is 1.19 bits per heavy atom. The molecule has 7 nitrogen and oxygen atoms in total. The van der Waals surface area contributed by atoms with E-state index in [1.807, 2.05) is 20.8 Å². The van der Waals surface area contributed by atoms with Crippen molar-refractivity contribution >= 4 is 33.4 Å². The molecular formula is C20H23ClF3N3O4S. The van der Waals surface area contributed by atoms with Crippen LogP contribution >= 0.6 is 11.6 Å². The Kier molecular flexibility index (Phi) is 6.65. The molecule has 3 rings (SSSR count). The third kappa shape index (κ3) is 5.26. The van der Waals surface area contributed by atoms with E-state index < -0.39 is 37.6 Å². The van der Waals surface area contributed by atoms with E-state index >= 15 is 0 Å². The Balaban J connectivity index is 1.66. The molecule has 1 N–H and O–H groups in total. The zero-order valence-electron chi connectivity index (χ0n) is 17.7. The van der Waals surface area contributed by atoms with Gasteiger partial charge in [0, 0.05) is 30.5 Å². The van der Waals surface area contributed by atoms with E-state index in [9.17, 15) is 26.4 Å². The minimum Gasteiger partial charge on any atom is -0.338 e. The van der Waals surface area contributed by atoms with Crippen molar-refractivity contribution in [2.45, 2.75) is 50.1 Å². The van der Waals surface area contributed by atoms with Crippen LogP contribution in [0.4, 0.5) is 19.1 Å². The van der Waals surface area contributed by atoms with Gasteiger partial charge < -0.3 is 4.52 Å². The van der Waals surface area contributed by atoms with Gasteiger partial charge in [-0.1, -0.05) is 37.5 Å². The minimum atomic E-state index is -4.78. The Morgan fingerprint density at radius 2 is 1.81 bits per heavy atom. The highest BCUT2D eigenvalue weighted by atomic mass is 35.5. The summed E-state index contributed by atoms with van der Waals surface area (Å²) in [6, 6.07) is 4.13. The number of nitrogens with one attached hydrogen (secondary N) is 1. The molecule has 0 aliphatic carbocycles. The minimum absolute atomic E-state index is 0.00591. The van der Waals surface area contributed by atoms with Crippen LogP contribution in [0.5, 0.6) is 0 Å². The summed E-state index contributed by atoms with van der Waals surface area (Å²) in [6.45, 7) is 5.84. The quantitative estimate of drug-likeness (QED) is 0.667. The van der Waals surface area contributed by atoms with Gasteiger partial charge in [0.1, 0.15) is 0 Å². The summed E-state index contributed by atoms with van der Waals surface area (Å²) in [7, 11) is -4.17. The molecule has 1 aromatic carbocycles. The van der Waals surface area contributed by atoms with Crippen LogP contribution in [-0.2, 0) is 26.4 Å². The number of sulfonamides is 1. The fraction of sp³-hybridized carbons (Fsp3) is 0.500. The van der Waals surface area contributed by atoms with Crippen LogP contribution in [0.15, 0.2) is 33.7 Å². The van der Waals surface area contributed by atoms with Crippen molar-refractivity contribution in [2.24, 2.45) is 5.92 Å². The largest absolute Gasteiger partial charge is 0.417 e. The number of hydrogen-bond donors (Lipinski definition) is 1. The number of carbonyl (C=O) groups is 1. The average Bonchev–Trinajstić information content (AvgIpc) is 3.16. The molecule has 1 aliphatic rings. The number of nitrogens with zero attached hydrogens (tertiary/aromatic N) is 2. The first-order chi connectivity index (χ1) is 14.7. The monoisotopic (exact) mass is 493 g/mol. The number of aromatic nitrogens is 1. The predicted octanol–water partition coefficient (Wildman–Crippen LogP) is 4.68. The van der Waals surface area contributed by atoms with E-state index in [-0.39, 0.29) is 43.1 Å². The lowest BCUT2D eigenvalue weighted by Crippen LogP contribution is -2.41. The second-order valence-corrected chi connectivity index (χ2v) is 11.0. The van der Waals surface area contributed by atoms with Crippen molar-refractivity contribution in [1.29, 1.82) is 0 Å². The van der Waals surface area contributed by atoms with E-state index in [0.29, 0.717) is 11.8 Å². The molecule has 0 saturated carbocycles. The lowest BCUT2D eigenvalue weighted by Gasteiger charge is -2.30. The van der Waals surface area contributed by atoms with Crippen LogP contribution in [0.3, 0.4) is 0 Å². The van der Waals surface area contributed by atoms with Crippen molar-refractivity contribution in [1.82, 2.24) is 9.46 Å². The number of rotatable bonds is 4. The number of alkyl halides is 3. The number of carbonyl (C=O) groups excluding carboxylic acids is 1. The Hall–Kier alpha value is -2.11. The molecule has 1 fully saturated rings. The second-order valence-electron chi connectivity index (χ2n) is 8.63. The molecule has 0 spiro atoms. The van der Waals surface area contributed by atoms with Gasteiger partial charge in [0.25, 0.3) is 0 Å². The summed E-state index contributed by atoms with van der Waals surface area (Å²) >= 11 is 5.58. The zero-order valence-corrected chi connectivity index (χ0v) is 19.2. The maximum absolute atomic E-state index is 13.1. The van der Waals surface area contributed by atoms with E-state index in [4.69, 9.17) is 16.1 Å². The standard InChI is InChI=1S/C20H23ClF3N3O4S/c1-19(2,3)16-11-17(31-26-16)25-18(28)12-6-8-27(9-7-12)32(29,30)13-4-5-15(21)14(10-13)20(22,23)24/h4-5,10-12H,6-9H2,1-3H3,(H,25,28). The number of amides is 1. The molecule has 0 bridgehead atoms. The zero-order chi connectivity index (χ0) is 23.9. The highest BCUT2D eigenvalue weighted by Crippen LogP contribution is 2.37. The summed E-state index contributed by atoms with van der Waals surface area (Å²) in [5, 5.41) is 6.00. The van der Waals surface area contributed by atoms with Crippen molar-refractivity contribution in [2.75, 3.05) is 18.4 Å². The van der Waals surface area contributed by atoms with Crippen LogP contribution in [-0.4, -0.2) is 36.9 Å². The van der Waals surface area contributed by atoms with Crippen LogP contribution in [0.2, 0.25) is 5.02 Å². The number of hydrogen-bond acceptors (Lipinski definition) is 5. The van der Waals surface area contributed by atoms with Gasteiger partial charge in [-0.05, 0) is 31.0 Å². The summed E-state index contributed by atoms with van der Waals surface area (Å²) in [6.07, 6.45) is -4.35. The third-order valence-electron chi connectivity index (χ3n) is 5.23. The molecule has 1 saturated heterocycles. The van der Waals surface area contributed by atoms with Gasteiger partial charge in [-0.2, -0.15) is 17.5 Å². The first-order valence-electron chi connectivity index (χ1n) is 9.84. The van der Waals surface area contributed by atoms with Gasteiger partial charge in [-0.3, -0.25) is 10.1 Å². The first-order valence-corrected chi connectivity index (χ1v) is 11.7. The Bertz CT molecular complexity index is 1100. The molecule has 2 aromatic rings. The fourth-order valence-corrected chi connectivity index (χ4v) is 5.02. The maximum atomic E-state index is 13.1. The lowest BCUT2D eigenvalue weighted by atomic mass is 9.92. The van der Waals surface area contributed by atoms with Crippen LogP contribution < -0.4 is 5.32 Å². The van der Waals surface area contributed by atoms with Crippen LogP contribution in [0.25, 0.3) is 0 Å². The highest BCUT2D eigenvalue weighted by molar-refractivity contribution is 7.89.